The molecule has 0 unspecified atom stereocenters. The minimum absolute atomic E-state index is 0. The first-order valence-corrected chi connectivity index (χ1v) is 1.73. The van der Waals surface area contributed by atoms with Crippen LogP contribution in [-0.4, -0.2) is 6.04 Å². The number of hydrogen-bond donors (Lipinski definition) is 2. The van der Waals surface area contributed by atoms with Gasteiger partial charge in [0.05, 0.1) is 0 Å². The number of nitrogens with two attached hydrogens (primary N) is 1. The Morgan fingerprint density at radius 3 is 1.67 bits per heavy atom. The van der Waals surface area contributed by atoms with Gasteiger partial charge >= 0.3 is 0 Å². The van der Waals surface area contributed by atoms with Gasteiger partial charge in [0.25, 0.3) is 0 Å². The number of nitrogens with one attached hydrogen (secondary N) is 1. The predicted molar refractivity (Wildman–Crippen MR) is 29.7 cm³/mol. The molecular weight excluding hydrogens is 99.5 g/mol. The van der Waals surface area contributed by atoms with Crippen LogP contribution in [-0.2, 0) is 0 Å². The van der Waals surface area contributed by atoms with E-state index in [1.165, 1.54) is 0 Å². The molecule has 0 heterocycles. The Morgan fingerprint density at radius 1 is 1.50 bits per heavy atom. The molecule has 0 spiro atoms. The highest BCUT2D eigenvalue weighted by Crippen LogP contribution is 1.64. The summed E-state index contributed by atoms with van der Waals surface area (Å²) in [6.07, 6.45) is 0. The average Bonchev–Trinajstić information content (AvgIpc) is 1.38. The minimum Gasteiger partial charge on any atom is -0.271 e. The highest BCUT2D eigenvalue weighted by atomic mass is 35.5. The van der Waals surface area contributed by atoms with Crippen LogP contribution in [0.4, 0.5) is 0 Å². The van der Waals surface area contributed by atoms with E-state index in [1.807, 2.05) is 13.8 Å². The lowest BCUT2D eigenvalue weighted by atomic mass is 10.4. The van der Waals surface area contributed by atoms with Crippen molar-refractivity contribution in [3.8, 4) is 0 Å². The van der Waals surface area contributed by atoms with E-state index >= 15 is 0 Å². The van der Waals surface area contributed by atoms with Crippen molar-refractivity contribution in [1.29, 1.82) is 0 Å². The largest absolute Gasteiger partial charge is 0.271 e. The number of halogens is 1. The Morgan fingerprint density at radius 2 is 1.67 bits per heavy atom. The molecule has 0 aromatic carbocycles. The predicted octanol–water partition coefficient (Wildman–Crippen LogP) is 0.280. The summed E-state index contributed by atoms with van der Waals surface area (Å²) in [5.41, 5.74) is 2.53. The molecule has 3 heteroatoms. The zero-order chi connectivity index (χ0) is 4.28. The van der Waals surface area contributed by atoms with Gasteiger partial charge in [-0.25, -0.2) is 0 Å². The molecule has 3 N–H and O–H groups in total. The second-order valence-electron chi connectivity index (χ2n) is 1.32. The van der Waals surface area contributed by atoms with Crippen molar-refractivity contribution < 1.29 is 0 Å². The summed E-state index contributed by atoms with van der Waals surface area (Å²) in [4.78, 5) is 0. The van der Waals surface area contributed by atoms with Crippen LogP contribution < -0.4 is 11.3 Å². The van der Waals surface area contributed by atoms with Crippen molar-refractivity contribution >= 4 is 12.4 Å². The van der Waals surface area contributed by atoms with Crippen molar-refractivity contribution in [3.63, 3.8) is 0 Å². The Bertz CT molecular complexity index is 22.8. The monoisotopic (exact) mass is 110 g/mol. The van der Waals surface area contributed by atoms with Crippen LogP contribution >= 0.6 is 12.4 Å². The van der Waals surface area contributed by atoms with Crippen LogP contribution in [0.3, 0.4) is 0 Å². The molecule has 0 atom stereocenters. The lowest BCUT2D eigenvalue weighted by Crippen LogP contribution is -2.29. The molecule has 0 aliphatic carbocycles. The average molecular weight is 111 g/mol. The van der Waals surface area contributed by atoms with Crippen LogP contribution in [0.1, 0.15) is 13.8 Å². The smallest absolute Gasteiger partial charge is 0.0153 e. The molecule has 0 aromatic rings. The fraction of sp³-hybridized carbons (Fsp3) is 1.00. The summed E-state index contributed by atoms with van der Waals surface area (Å²) in [5, 5.41) is 0. The minimum atomic E-state index is 0. The van der Waals surface area contributed by atoms with Gasteiger partial charge in [-0.3, -0.25) is 11.3 Å². The van der Waals surface area contributed by atoms with E-state index in [1.54, 1.807) is 0 Å². The molecule has 0 bridgehead atoms. The van der Waals surface area contributed by atoms with E-state index in [-0.39, 0.29) is 12.4 Å². The first-order chi connectivity index (χ1) is 2.27. The molecule has 0 fully saturated rings. The third-order valence-corrected chi connectivity index (χ3v) is 0.333. The topological polar surface area (TPSA) is 38.0 Å². The number of hydrogen-bond acceptors (Lipinski definition) is 2. The fourth-order valence-electron chi connectivity index (χ4n) is 0. The first-order valence-electron chi connectivity index (χ1n) is 1.73. The molecule has 40 valence electrons. The Hall–Kier alpha value is 0.210. The molecule has 0 aliphatic rings. The maximum absolute atomic E-state index is 4.92. The van der Waals surface area contributed by atoms with Gasteiger partial charge in [0.1, 0.15) is 0 Å². The molecule has 0 rings (SSSR count). The van der Waals surface area contributed by atoms with E-state index < -0.39 is 0 Å². The summed E-state index contributed by atoms with van der Waals surface area (Å²) in [7, 11) is 0. The van der Waals surface area contributed by atoms with E-state index in [4.69, 9.17) is 5.84 Å². The van der Waals surface area contributed by atoms with Gasteiger partial charge in [0.2, 0.25) is 0 Å². The van der Waals surface area contributed by atoms with Crippen molar-refractivity contribution in [3.05, 3.63) is 0 Å². The Kier molecular flexibility index (Phi) is 8.26. The first kappa shape index (κ1) is 9.51. The standard InChI is InChI=1S/C3H10N2.ClH/c1-3(2)5-4;/h3,5H,4H2,1-2H3;1H. The molecule has 2 nitrogen and oxygen atoms in total. The lowest BCUT2D eigenvalue weighted by molar-refractivity contribution is 0.617. The summed E-state index contributed by atoms with van der Waals surface area (Å²) < 4.78 is 0. The van der Waals surface area contributed by atoms with E-state index in [2.05, 4.69) is 5.43 Å². The Labute approximate surface area is 44.5 Å². The van der Waals surface area contributed by atoms with Gasteiger partial charge in [-0.2, -0.15) is 0 Å². The molecule has 6 heavy (non-hydrogen) atoms. The summed E-state index contributed by atoms with van der Waals surface area (Å²) in [6, 6.07) is 0.412. The SMILES string of the molecule is CC(C)NN.Cl. The van der Waals surface area contributed by atoms with Crippen molar-refractivity contribution in [2.24, 2.45) is 5.84 Å². The van der Waals surface area contributed by atoms with Crippen LogP contribution in [0.15, 0.2) is 0 Å². The van der Waals surface area contributed by atoms with Gasteiger partial charge in [-0.15, -0.1) is 12.4 Å². The molecule has 0 aliphatic heterocycles. The van der Waals surface area contributed by atoms with Gasteiger partial charge in [-0.05, 0) is 13.8 Å². The van der Waals surface area contributed by atoms with Crippen molar-refractivity contribution in [1.82, 2.24) is 5.43 Å². The van der Waals surface area contributed by atoms with E-state index in [9.17, 15) is 0 Å². The zero-order valence-electron chi connectivity index (χ0n) is 4.06. The maximum atomic E-state index is 4.92. The molecule has 0 amide bonds. The molecular formula is C3H11ClN2. The Balaban J connectivity index is 0. The summed E-state index contributed by atoms with van der Waals surface area (Å²) >= 11 is 0. The van der Waals surface area contributed by atoms with Gasteiger partial charge in [-0.1, -0.05) is 0 Å². The fourth-order valence-corrected chi connectivity index (χ4v) is 0. The molecule has 0 saturated carbocycles. The third kappa shape index (κ3) is 8.88. The number of rotatable bonds is 1. The van der Waals surface area contributed by atoms with Crippen LogP contribution in [0.5, 0.6) is 0 Å². The molecule has 0 saturated heterocycles. The quantitative estimate of drug-likeness (QED) is 0.376. The highest BCUT2D eigenvalue weighted by Gasteiger charge is 1.77. The lowest BCUT2D eigenvalue weighted by Gasteiger charge is -1.95. The molecule has 0 aromatic heterocycles. The van der Waals surface area contributed by atoms with Gasteiger partial charge < -0.3 is 0 Å². The maximum Gasteiger partial charge on any atom is 0.0153 e. The van der Waals surface area contributed by atoms with Crippen LogP contribution in [0, 0.1) is 0 Å². The molecule has 0 radical (unpaired) electrons. The van der Waals surface area contributed by atoms with E-state index in [0.717, 1.165) is 0 Å². The highest BCUT2D eigenvalue weighted by molar-refractivity contribution is 5.85. The van der Waals surface area contributed by atoms with E-state index in [0.29, 0.717) is 6.04 Å². The second-order valence-corrected chi connectivity index (χ2v) is 1.32. The summed E-state index contributed by atoms with van der Waals surface area (Å²) in [6.45, 7) is 3.97. The van der Waals surface area contributed by atoms with Gasteiger partial charge in [0.15, 0.2) is 0 Å². The third-order valence-electron chi connectivity index (χ3n) is 0.333. The van der Waals surface area contributed by atoms with Crippen molar-refractivity contribution in [2.45, 2.75) is 19.9 Å². The summed E-state index contributed by atoms with van der Waals surface area (Å²) in [5.74, 6) is 4.92. The van der Waals surface area contributed by atoms with Crippen molar-refractivity contribution in [2.75, 3.05) is 0 Å². The second kappa shape index (κ2) is 5.21. The van der Waals surface area contributed by atoms with Gasteiger partial charge in [0, 0.05) is 6.04 Å². The zero-order valence-corrected chi connectivity index (χ0v) is 4.88. The normalized spacial score (nSPS) is 8.00. The van der Waals surface area contributed by atoms with Crippen LogP contribution in [0.2, 0.25) is 0 Å². The van der Waals surface area contributed by atoms with Crippen LogP contribution in [0.25, 0.3) is 0 Å². The number of hydrazine groups is 1.